The van der Waals surface area contributed by atoms with Crippen molar-refractivity contribution >= 4 is 17.3 Å². The van der Waals surface area contributed by atoms with Crippen LogP contribution in [0.2, 0.25) is 0 Å². The van der Waals surface area contributed by atoms with Crippen LogP contribution in [0.5, 0.6) is 0 Å². The second-order valence-corrected chi connectivity index (χ2v) is 4.17. The molecule has 2 rings (SSSR count). The zero-order valence-electron chi connectivity index (χ0n) is 7.23. The number of thiazole rings is 1. The molecular weight excluding hydrogens is 188 g/mol. The summed E-state index contributed by atoms with van der Waals surface area (Å²) in [6, 6.07) is 0. The normalized spacial score (nSPS) is 18.5. The van der Waals surface area contributed by atoms with Crippen LogP contribution in [-0.2, 0) is 0 Å². The Balaban J connectivity index is 2.20. The van der Waals surface area contributed by atoms with E-state index in [9.17, 15) is 4.79 Å². The number of likely N-dealkylation sites (tertiary alicyclic amines) is 1. The van der Waals surface area contributed by atoms with Gasteiger partial charge in [-0.3, -0.25) is 0 Å². The maximum Gasteiger partial charge on any atom is 0.355 e. The second-order valence-electron chi connectivity index (χ2n) is 3.29. The molecule has 70 valence electrons. The Kier molecular flexibility index (Phi) is 2.05. The van der Waals surface area contributed by atoms with E-state index < -0.39 is 5.97 Å². The van der Waals surface area contributed by atoms with Gasteiger partial charge in [-0.25, -0.2) is 9.78 Å². The highest BCUT2D eigenvalue weighted by molar-refractivity contribution is 7.10. The number of carboxylic acid groups (broad SMARTS) is 1. The Morgan fingerprint density at radius 2 is 2.46 bits per heavy atom. The lowest BCUT2D eigenvalue weighted by molar-refractivity contribution is 0.0687. The molecule has 5 heteroatoms. The largest absolute Gasteiger partial charge is 0.476 e. The summed E-state index contributed by atoms with van der Waals surface area (Å²) in [6.07, 6.45) is 0. The molecular formula is C8H10N2O2S. The number of carbonyl (C=O) groups is 1. The molecule has 2 heterocycles. The minimum atomic E-state index is -0.911. The minimum Gasteiger partial charge on any atom is -0.476 e. The van der Waals surface area contributed by atoms with Gasteiger partial charge in [-0.05, 0) is 7.05 Å². The summed E-state index contributed by atoms with van der Waals surface area (Å²) in [4.78, 5) is 17.7. The lowest BCUT2D eigenvalue weighted by Gasteiger charge is -2.35. The Hall–Kier alpha value is -0.940. The average molecular weight is 198 g/mol. The SMILES string of the molecule is CN1CC(c2scnc2C(=O)O)C1. The molecule has 1 saturated heterocycles. The van der Waals surface area contributed by atoms with Crippen LogP contribution in [-0.4, -0.2) is 41.1 Å². The lowest BCUT2D eigenvalue weighted by atomic mass is 9.98. The van der Waals surface area contributed by atoms with Gasteiger partial charge < -0.3 is 10.0 Å². The maximum absolute atomic E-state index is 10.7. The van der Waals surface area contributed by atoms with Crippen molar-refractivity contribution in [3.63, 3.8) is 0 Å². The number of hydrogen-bond acceptors (Lipinski definition) is 4. The van der Waals surface area contributed by atoms with Crippen molar-refractivity contribution in [3.05, 3.63) is 16.1 Å². The van der Waals surface area contributed by atoms with Crippen LogP contribution < -0.4 is 0 Å². The Morgan fingerprint density at radius 1 is 1.77 bits per heavy atom. The van der Waals surface area contributed by atoms with E-state index in [1.54, 1.807) is 5.51 Å². The van der Waals surface area contributed by atoms with Crippen LogP contribution in [0, 0.1) is 0 Å². The molecule has 0 saturated carbocycles. The standard InChI is InChI=1S/C8H10N2O2S/c1-10-2-5(3-10)7-6(8(11)12)9-4-13-7/h4-5H,2-3H2,1H3,(H,11,12). The van der Waals surface area contributed by atoms with Gasteiger partial charge in [-0.1, -0.05) is 0 Å². The molecule has 0 aromatic carbocycles. The van der Waals surface area contributed by atoms with E-state index in [4.69, 9.17) is 5.11 Å². The predicted octanol–water partition coefficient (Wildman–Crippen LogP) is 0.870. The average Bonchev–Trinajstić information content (AvgIpc) is 2.45. The molecule has 0 bridgehead atoms. The fourth-order valence-corrected chi connectivity index (χ4v) is 2.44. The van der Waals surface area contributed by atoms with Crippen LogP contribution in [0.3, 0.4) is 0 Å². The van der Waals surface area contributed by atoms with Crippen molar-refractivity contribution in [2.24, 2.45) is 0 Å². The zero-order valence-corrected chi connectivity index (χ0v) is 8.04. The van der Waals surface area contributed by atoms with Crippen LogP contribution in [0.15, 0.2) is 5.51 Å². The molecule has 1 aromatic heterocycles. The van der Waals surface area contributed by atoms with E-state index in [2.05, 4.69) is 9.88 Å². The first kappa shape index (κ1) is 8.65. The van der Waals surface area contributed by atoms with Crippen molar-refractivity contribution in [1.29, 1.82) is 0 Å². The molecule has 0 atom stereocenters. The molecule has 0 unspecified atom stereocenters. The smallest absolute Gasteiger partial charge is 0.355 e. The maximum atomic E-state index is 10.7. The van der Waals surface area contributed by atoms with E-state index in [0.717, 1.165) is 18.0 Å². The molecule has 0 radical (unpaired) electrons. The highest BCUT2D eigenvalue weighted by atomic mass is 32.1. The summed E-state index contributed by atoms with van der Waals surface area (Å²) in [5, 5.41) is 8.82. The van der Waals surface area contributed by atoms with Gasteiger partial charge in [0.1, 0.15) is 0 Å². The quantitative estimate of drug-likeness (QED) is 0.766. The highest BCUT2D eigenvalue weighted by Crippen LogP contribution is 2.30. The van der Waals surface area contributed by atoms with Crippen LogP contribution in [0.4, 0.5) is 0 Å². The van der Waals surface area contributed by atoms with Crippen molar-refractivity contribution in [1.82, 2.24) is 9.88 Å². The van der Waals surface area contributed by atoms with E-state index in [1.807, 2.05) is 7.05 Å². The first-order chi connectivity index (χ1) is 6.18. The summed E-state index contributed by atoms with van der Waals surface area (Å²) in [5.41, 5.74) is 1.85. The highest BCUT2D eigenvalue weighted by Gasteiger charge is 2.30. The van der Waals surface area contributed by atoms with Crippen LogP contribution >= 0.6 is 11.3 Å². The van der Waals surface area contributed by atoms with Gasteiger partial charge in [0.05, 0.1) is 5.51 Å². The molecule has 1 aliphatic rings. The summed E-state index contributed by atoms with van der Waals surface area (Å²) >= 11 is 1.45. The molecule has 1 N–H and O–H groups in total. The van der Waals surface area contributed by atoms with Gasteiger partial charge in [0.15, 0.2) is 5.69 Å². The number of carboxylic acids is 1. The molecule has 1 fully saturated rings. The Labute approximate surface area is 79.8 Å². The molecule has 0 aliphatic carbocycles. The van der Waals surface area contributed by atoms with Crippen molar-refractivity contribution in [2.75, 3.05) is 20.1 Å². The van der Waals surface area contributed by atoms with Gasteiger partial charge >= 0.3 is 5.97 Å². The van der Waals surface area contributed by atoms with E-state index in [-0.39, 0.29) is 5.69 Å². The first-order valence-electron chi connectivity index (χ1n) is 4.03. The number of likely N-dealkylation sites (N-methyl/N-ethyl adjacent to an activating group) is 1. The fraction of sp³-hybridized carbons (Fsp3) is 0.500. The van der Waals surface area contributed by atoms with Gasteiger partial charge in [-0.2, -0.15) is 0 Å². The molecule has 13 heavy (non-hydrogen) atoms. The number of hydrogen-bond donors (Lipinski definition) is 1. The molecule has 1 aromatic rings. The molecule has 4 nitrogen and oxygen atoms in total. The van der Waals surface area contributed by atoms with Crippen LogP contribution in [0.25, 0.3) is 0 Å². The summed E-state index contributed by atoms with van der Waals surface area (Å²) in [6.45, 7) is 1.89. The Bertz CT molecular complexity index is 331. The Morgan fingerprint density at radius 3 is 3.00 bits per heavy atom. The molecule has 0 amide bonds. The molecule has 1 aliphatic heterocycles. The van der Waals surface area contributed by atoms with Crippen LogP contribution in [0.1, 0.15) is 21.3 Å². The third-order valence-electron chi connectivity index (χ3n) is 2.23. The zero-order chi connectivity index (χ0) is 9.42. The summed E-state index contributed by atoms with van der Waals surface area (Å²) < 4.78 is 0. The van der Waals surface area contributed by atoms with Gasteiger partial charge in [-0.15, -0.1) is 11.3 Å². The first-order valence-corrected chi connectivity index (χ1v) is 4.91. The summed E-state index contributed by atoms with van der Waals surface area (Å²) in [5.74, 6) is -0.533. The third kappa shape index (κ3) is 1.45. The van der Waals surface area contributed by atoms with Crippen molar-refractivity contribution < 1.29 is 9.90 Å². The third-order valence-corrected chi connectivity index (χ3v) is 3.22. The monoisotopic (exact) mass is 198 g/mol. The topological polar surface area (TPSA) is 53.4 Å². The predicted molar refractivity (Wildman–Crippen MR) is 49.3 cm³/mol. The van der Waals surface area contributed by atoms with E-state index in [0.29, 0.717) is 5.92 Å². The van der Waals surface area contributed by atoms with Gasteiger partial charge in [0.25, 0.3) is 0 Å². The number of nitrogens with zero attached hydrogens (tertiary/aromatic N) is 2. The van der Waals surface area contributed by atoms with Crippen molar-refractivity contribution in [3.8, 4) is 0 Å². The van der Waals surface area contributed by atoms with Gasteiger partial charge in [0.2, 0.25) is 0 Å². The van der Waals surface area contributed by atoms with Gasteiger partial charge in [0, 0.05) is 23.9 Å². The fourth-order valence-electron chi connectivity index (χ4n) is 1.57. The molecule has 0 spiro atoms. The summed E-state index contributed by atoms with van der Waals surface area (Å²) in [7, 11) is 2.03. The number of aromatic carboxylic acids is 1. The minimum absolute atomic E-state index is 0.239. The van der Waals surface area contributed by atoms with E-state index >= 15 is 0 Å². The lowest BCUT2D eigenvalue weighted by Crippen LogP contribution is -2.41. The van der Waals surface area contributed by atoms with Crippen molar-refractivity contribution in [2.45, 2.75) is 5.92 Å². The second kappa shape index (κ2) is 3.08. The van der Waals surface area contributed by atoms with E-state index in [1.165, 1.54) is 11.3 Å². The number of aromatic nitrogens is 1. The number of rotatable bonds is 2.